The minimum absolute atomic E-state index is 0.151. The molecule has 0 saturated carbocycles. The lowest BCUT2D eigenvalue weighted by atomic mass is 9.91. The van der Waals surface area contributed by atoms with Gasteiger partial charge in [0, 0.05) is 5.41 Å². The van der Waals surface area contributed by atoms with E-state index < -0.39 is 0 Å². The van der Waals surface area contributed by atoms with Crippen LogP contribution in [0.4, 0.5) is 0 Å². The fourth-order valence-corrected chi connectivity index (χ4v) is 0.812. The summed E-state index contributed by atoms with van der Waals surface area (Å²) in [6.45, 7) is 12.4. The van der Waals surface area contributed by atoms with Crippen LogP contribution in [0.2, 0.25) is 0 Å². The Kier molecular flexibility index (Phi) is 4.65. The first-order chi connectivity index (χ1) is 5.48. The molecule has 0 amide bonds. The molecule has 0 heteroatoms. The molecule has 0 aromatic heterocycles. The zero-order valence-electron chi connectivity index (χ0n) is 8.67. The fourth-order valence-electron chi connectivity index (χ4n) is 0.812. The van der Waals surface area contributed by atoms with Crippen LogP contribution in [0, 0.1) is 11.3 Å². The molecule has 0 radical (unpaired) electrons. The molecule has 0 aliphatic rings. The van der Waals surface area contributed by atoms with E-state index in [9.17, 15) is 0 Å². The third-order valence-corrected chi connectivity index (χ3v) is 1.57. The van der Waals surface area contributed by atoms with Crippen LogP contribution in [-0.2, 0) is 0 Å². The van der Waals surface area contributed by atoms with Gasteiger partial charge < -0.3 is 0 Å². The lowest BCUT2D eigenvalue weighted by Gasteiger charge is -2.14. The largest absolute Gasteiger partial charge is 0.0991 e. The standard InChI is InChI=1S/C12H20/c1-6-7-9-12(4,5)10-8-11(2)3/h6-11H,1H2,2-5H3. The van der Waals surface area contributed by atoms with E-state index >= 15 is 0 Å². The average molecular weight is 164 g/mol. The molecular weight excluding hydrogens is 144 g/mol. The summed E-state index contributed by atoms with van der Waals surface area (Å²) >= 11 is 0. The van der Waals surface area contributed by atoms with Crippen molar-refractivity contribution in [1.82, 2.24) is 0 Å². The monoisotopic (exact) mass is 164 g/mol. The Labute approximate surface area is 76.7 Å². The van der Waals surface area contributed by atoms with E-state index in [1.807, 2.05) is 12.2 Å². The van der Waals surface area contributed by atoms with E-state index in [4.69, 9.17) is 0 Å². The smallest absolute Gasteiger partial charge is 0.000761 e. The van der Waals surface area contributed by atoms with E-state index in [1.165, 1.54) is 0 Å². The summed E-state index contributed by atoms with van der Waals surface area (Å²) in [4.78, 5) is 0. The second-order valence-corrected chi connectivity index (χ2v) is 4.02. The van der Waals surface area contributed by atoms with Crippen LogP contribution in [0.15, 0.2) is 37.0 Å². The van der Waals surface area contributed by atoms with Gasteiger partial charge in [-0.1, -0.05) is 64.7 Å². The van der Waals surface area contributed by atoms with E-state index in [1.54, 1.807) is 0 Å². The van der Waals surface area contributed by atoms with Crippen LogP contribution in [0.5, 0.6) is 0 Å². The molecule has 0 atom stereocenters. The maximum absolute atomic E-state index is 3.65. The Balaban J connectivity index is 4.21. The highest BCUT2D eigenvalue weighted by Gasteiger charge is 2.07. The predicted molar refractivity (Wildman–Crippen MR) is 57.1 cm³/mol. The molecule has 0 bridgehead atoms. The summed E-state index contributed by atoms with van der Waals surface area (Å²) in [6, 6.07) is 0. The average Bonchev–Trinajstić information content (AvgIpc) is 1.98. The zero-order chi connectivity index (χ0) is 9.61. The van der Waals surface area contributed by atoms with Crippen molar-refractivity contribution in [3.05, 3.63) is 37.0 Å². The second kappa shape index (κ2) is 4.97. The molecule has 0 aromatic rings. The maximum atomic E-state index is 3.65. The van der Waals surface area contributed by atoms with Crippen LogP contribution in [-0.4, -0.2) is 0 Å². The van der Waals surface area contributed by atoms with Crippen molar-refractivity contribution in [2.45, 2.75) is 27.7 Å². The third-order valence-electron chi connectivity index (χ3n) is 1.57. The van der Waals surface area contributed by atoms with E-state index in [-0.39, 0.29) is 5.41 Å². The number of allylic oxidation sites excluding steroid dienone is 5. The van der Waals surface area contributed by atoms with Crippen LogP contribution in [0.1, 0.15) is 27.7 Å². The summed E-state index contributed by atoms with van der Waals surface area (Å²) in [7, 11) is 0. The topological polar surface area (TPSA) is 0 Å². The maximum Gasteiger partial charge on any atom is 0.000761 e. The molecule has 0 saturated heterocycles. The minimum Gasteiger partial charge on any atom is -0.0991 e. The van der Waals surface area contributed by atoms with E-state index in [2.05, 4.69) is 52.5 Å². The molecule has 0 aliphatic carbocycles. The zero-order valence-corrected chi connectivity index (χ0v) is 8.67. The Bertz CT molecular complexity index is 180. The van der Waals surface area contributed by atoms with Gasteiger partial charge in [0.05, 0.1) is 0 Å². The lowest BCUT2D eigenvalue weighted by Crippen LogP contribution is -2.02. The van der Waals surface area contributed by atoms with Gasteiger partial charge in [-0.05, 0) is 5.92 Å². The predicted octanol–water partition coefficient (Wildman–Crippen LogP) is 3.97. The Hall–Kier alpha value is -0.780. The number of hydrogen-bond donors (Lipinski definition) is 0. The van der Waals surface area contributed by atoms with E-state index in [0.29, 0.717) is 5.92 Å². The highest BCUT2D eigenvalue weighted by molar-refractivity contribution is 5.11. The molecular formula is C12H20. The highest BCUT2D eigenvalue weighted by atomic mass is 14.1. The lowest BCUT2D eigenvalue weighted by molar-refractivity contribution is 0.617. The summed E-state index contributed by atoms with van der Waals surface area (Å²) in [6.07, 6.45) is 10.4. The van der Waals surface area contributed by atoms with Gasteiger partial charge in [0.2, 0.25) is 0 Å². The summed E-state index contributed by atoms with van der Waals surface area (Å²) < 4.78 is 0. The first-order valence-corrected chi connectivity index (χ1v) is 4.47. The van der Waals surface area contributed by atoms with E-state index in [0.717, 1.165) is 0 Å². The molecule has 68 valence electrons. The van der Waals surface area contributed by atoms with Crippen molar-refractivity contribution >= 4 is 0 Å². The summed E-state index contributed by atoms with van der Waals surface area (Å²) in [5.74, 6) is 0.626. The van der Waals surface area contributed by atoms with Crippen LogP contribution in [0.3, 0.4) is 0 Å². The van der Waals surface area contributed by atoms with Crippen molar-refractivity contribution in [2.24, 2.45) is 11.3 Å². The Morgan fingerprint density at radius 2 is 1.75 bits per heavy atom. The van der Waals surface area contributed by atoms with Crippen molar-refractivity contribution in [2.75, 3.05) is 0 Å². The Morgan fingerprint density at radius 3 is 2.17 bits per heavy atom. The molecule has 0 spiro atoms. The number of hydrogen-bond acceptors (Lipinski definition) is 0. The minimum atomic E-state index is 0.151. The molecule has 0 rings (SSSR count). The van der Waals surface area contributed by atoms with Gasteiger partial charge in [-0.3, -0.25) is 0 Å². The van der Waals surface area contributed by atoms with Gasteiger partial charge in [-0.15, -0.1) is 0 Å². The molecule has 0 heterocycles. The second-order valence-electron chi connectivity index (χ2n) is 4.02. The van der Waals surface area contributed by atoms with Crippen molar-refractivity contribution in [1.29, 1.82) is 0 Å². The van der Waals surface area contributed by atoms with Crippen molar-refractivity contribution in [3.63, 3.8) is 0 Å². The molecule has 12 heavy (non-hydrogen) atoms. The van der Waals surface area contributed by atoms with Crippen LogP contribution < -0.4 is 0 Å². The third kappa shape index (κ3) is 5.96. The molecule has 0 aromatic carbocycles. The molecule has 0 fully saturated rings. The molecule has 0 aliphatic heterocycles. The molecule has 0 nitrogen and oxygen atoms in total. The quantitative estimate of drug-likeness (QED) is 0.435. The highest BCUT2D eigenvalue weighted by Crippen LogP contribution is 2.19. The van der Waals surface area contributed by atoms with Gasteiger partial charge in [-0.25, -0.2) is 0 Å². The fraction of sp³-hybridized carbons (Fsp3) is 0.500. The SMILES string of the molecule is C=CC=CC(C)(C)C=CC(C)C. The van der Waals surface area contributed by atoms with Gasteiger partial charge in [-0.2, -0.15) is 0 Å². The van der Waals surface area contributed by atoms with Gasteiger partial charge in [0.25, 0.3) is 0 Å². The summed E-state index contributed by atoms with van der Waals surface area (Å²) in [5, 5.41) is 0. The van der Waals surface area contributed by atoms with Gasteiger partial charge in [0.1, 0.15) is 0 Å². The van der Waals surface area contributed by atoms with Gasteiger partial charge >= 0.3 is 0 Å². The van der Waals surface area contributed by atoms with Crippen LogP contribution in [0.25, 0.3) is 0 Å². The first kappa shape index (κ1) is 11.2. The summed E-state index contributed by atoms with van der Waals surface area (Å²) in [5.41, 5.74) is 0.151. The first-order valence-electron chi connectivity index (χ1n) is 4.47. The molecule has 0 unspecified atom stereocenters. The van der Waals surface area contributed by atoms with Crippen LogP contribution >= 0.6 is 0 Å². The van der Waals surface area contributed by atoms with Crippen molar-refractivity contribution in [3.8, 4) is 0 Å². The normalized spacial score (nSPS) is 13.4. The Morgan fingerprint density at radius 1 is 1.17 bits per heavy atom. The van der Waals surface area contributed by atoms with Gasteiger partial charge in [0.15, 0.2) is 0 Å². The number of rotatable bonds is 4. The van der Waals surface area contributed by atoms with Crippen molar-refractivity contribution < 1.29 is 0 Å². The molecule has 0 N–H and O–H groups in total.